The fraction of sp³-hybridized carbons (Fsp3) is 0.688. The number of hydrogen-bond acceptors (Lipinski definition) is 4. The number of pyridine rings is 1. The van der Waals surface area contributed by atoms with E-state index in [1.54, 1.807) is 0 Å². The molecule has 0 saturated carbocycles. The Hall–Kier alpha value is -1.13. The van der Waals surface area contributed by atoms with Gasteiger partial charge in [-0.3, -0.25) is 4.90 Å². The third-order valence-electron chi connectivity index (χ3n) is 3.66. The fourth-order valence-corrected chi connectivity index (χ4v) is 2.39. The zero-order chi connectivity index (χ0) is 14.6. The summed E-state index contributed by atoms with van der Waals surface area (Å²) in [5.41, 5.74) is 1.43. The average molecular weight is 277 g/mol. The van der Waals surface area contributed by atoms with Crippen LogP contribution in [0.25, 0.3) is 0 Å². The molecule has 1 aromatic rings. The van der Waals surface area contributed by atoms with Crippen molar-refractivity contribution in [3.63, 3.8) is 0 Å². The Balaban J connectivity index is 1.86. The van der Waals surface area contributed by atoms with E-state index in [-0.39, 0.29) is 5.41 Å². The number of hydrogen-bond donors (Lipinski definition) is 1. The molecule has 1 N–H and O–H groups in total. The first kappa shape index (κ1) is 15.3. The lowest BCUT2D eigenvalue weighted by Gasteiger charge is -2.29. The number of rotatable bonds is 4. The Morgan fingerprint density at radius 1 is 1.30 bits per heavy atom. The number of morpholine rings is 1. The average Bonchev–Trinajstić information content (AvgIpc) is 2.39. The molecule has 112 valence electrons. The second kappa shape index (κ2) is 6.55. The second-order valence-corrected chi connectivity index (χ2v) is 6.64. The lowest BCUT2D eigenvalue weighted by molar-refractivity contribution is 0.0368. The molecule has 0 bridgehead atoms. The zero-order valence-electron chi connectivity index (χ0n) is 13.1. The Kier molecular flexibility index (Phi) is 5.00. The van der Waals surface area contributed by atoms with E-state index in [0.29, 0.717) is 6.04 Å². The molecule has 1 aliphatic rings. The molecule has 1 atom stereocenters. The Labute approximate surface area is 122 Å². The van der Waals surface area contributed by atoms with Crippen molar-refractivity contribution < 1.29 is 4.74 Å². The molecule has 20 heavy (non-hydrogen) atoms. The standard InChI is InChI=1S/C16H27N3O/c1-13(12-19-7-9-20-10-8-19)18-15-6-5-14(11-17-15)16(2,3)4/h5-6,11,13H,7-10,12H2,1-4H3,(H,17,18). The molecular weight excluding hydrogens is 250 g/mol. The van der Waals surface area contributed by atoms with Crippen LogP contribution in [0.5, 0.6) is 0 Å². The Morgan fingerprint density at radius 3 is 2.55 bits per heavy atom. The maximum atomic E-state index is 5.37. The molecule has 4 heteroatoms. The van der Waals surface area contributed by atoms with Crippen LogP contribution in [0.15, 0.2) is 18.3 Å². The summed E-state index contributed by atoms with van der Waals surface area (Å²) >= 11 is 0. The highest BCUT2D eigenvalue weighted by molar-refractivity contribution is 5.38. The molecule has 1 fully saturated rings. The lowest BCUT2D eigenvalue weighted by atomic mass is 9.88. The molecule has 2 heterocycles. The third-order valence-corrected chi connectivity index (χ3v) is 3.66. The van der Waals surface area contributed by atoms with Crippen molar-refractivity contribution >= 4 is 5.82 Å². The quantitative estimate of drug-likeness (QED) is 0.917. The predicted molar refractivity (Wildman–Crippen MR) is 83.3 cm³/mol. The molecule has 0 amide bonds. The SMILES string of the molecule is CC(CN1CCOCC1)Nc1ccc(C(C)(C)C)cn1. The van der Waals surface area contributed by atoms with E-state index in [9.17, 15) is 0 Å². The number of anilines is 1. The van der Waals surface area contributed by atoms with Crippen molar-refractivity contribution in [1.29, 1.82) is 0 Å². The summed E-state index contributed by atoms with van der Waals surface area (Å²) in [5.74, 6) is 0.957. The summed E-state index contributed by atoms with van der Waals surface area (Å²) < 4.78 is 5.37. The normalized spacial score (nSPS) is 18.8. The minimum absolute atomic E-state index is 0.158. The molecule has 0 radical (unpaired) electrons. The Morgan fingerprint density at radius 2 is 2.00 bits per heavy atom. The highest BCUT2D eigenvalue weighted by Crippen LogP contribution is 2.22. The van der Waals surface area contributed by atoms with Crippen LogP contribution in [0.4, 0.5) is 5.82 Å². The van der Waals surface area contributed by atoms with Crippen molar-refractivity contribution in [2.45, 2.75) is 39.2 Å². The van der Waals surface area contributed by atoms with Crippen LogP contribution in [0.1, 0.15) is 33.3 Å². The monoisotopic (exact) mass is 277 g/mol. The summed E-state index contributed by atoms with van der Waals surface area (Å²) in [6.45, 7) is 13.6. The van der Waals surface area contributed by atoms with Gasteiger partial charge in [0.05, 0.1) is 13.2 Å². The van der Waals surface area contributed by atoms with Gasteiger partial charge in [-0.15, -0.1) is 0 Å². The van der Waals surface area contributed by atoms with Gasteiger partial charge in [0.1, 0.15) is 5.82 Å². The lowest BCUT2D eigenvalue weighted by Crippen LogP contribution is -2.42. The fourth-order valence-electron chi connectivity index (χ4n) is 2.39. The summed E-state index contributed by atoms with van der Waals surface area (Å²) in [4.78, 5) is 6.96. The van der Waals surface area contributed by atoms with Crippen molar-refractivity contribution in [2.75, 3.05) is 38.2 Å². The van der Waals surface area contributed by atoms with Gasteiger partial charge in [-0.25, -0.2) is 4.98 Å². The van der Waals surface area contributed by atoms with Crippen LogP contribution in [-0.2, 0) is 10.2 Å². The van der Waals surface area contributed by atoms with Gasteiger partial charge < -0.3 is 10.1 Å². The maximum absolute atomic E-state index is 5.37. The van der Waals surface area contributed by atoms with Gasteiger partial charge >= 0.3 is 0 Å². The topological polar surface area (TPSA) is 37.4 Å². The molecule has 1 aliphatic heterocycles. The van der Waals surface area contributed by atoms with E-state index in [4.69, 9.17) is 4.74 Å². The van der Waals surface area contributed by atoms with Crippen molar-refractivity contribution in [3.05, 3.63) is 23.9 Å². The molecule has 1 aromatic heterocycles. The van der Waals surface area contributed by atoms with Crippen molar-refractivity contribution in [1.82, 2.24) is 9.88 Å². The molecular formula is C16H27N3O. The van der Waals surface area contributed by atoms with E-state index in [1.807, 2.05) is 6.20 Å². The van der Waals surface area contributed by atoms with E-state index in [2.05, 4.69) is 55.0 Å². The molecule has 1 unspecified atom stereocenters. The third kappa shape index (κ3) is 4.46. The smallest absolute Gasteiger partial charge is 0.126 e. The van der Waals surface area contributed by atoms with Gasteiger partial charge in [-0.05, 0) is 24.0 Å². The van der Waals surface area contributed by atoms with Crippen LogP contribution in [0.3, 0.4) is 0 Å². The van der Waals surface area contributed by atoms with Gasteiger partial charge in [0.2, 0.25) is 0 Å². The molecule has 0 aromatic carbocycles. The van der Waals surface area contributed by atoms with Gasteiger partial charge in [-0.2, -0.15) is 0 Å². The number of ether oxygens (including phenoxy) is 1. The summed E-state index contributed by atoms with van der Waals surface area (Å²) in [6.07, 6.45) is 1.98. The first-order valence-corrected chi connectivity index (χ1v) is 7.48. The first-order chi connectivity index (χ1) is 9.45. The largest absolute Gasteiger partial charge is 0.379 e. The molecule has 0 spiro atoms. The molecule has 4 nitrogen and oxygen atoms in total. The van der Waals surface area contributed by atoms with Gasteiger partial charge in [0, 0.05) is 31.9 Å². The number of nitrogens with one attached hydrogen (secondary N) is 1. The van der Waals surface area contributed by atoms with Crippen molar-refractivity contribution in [3.8, 4) is 0 Å². The highest BCUT2D eigenvalue weighted by atomic mass is 16.5. The maximum Gasteiger partial charge on any atom is 0.126 e. The van der Waals surface area contributed by atoms with E-state index in [1.165, 1.54) is 5.56 Å². The minimum atomic E-state index is 0.158. The van der Waals surface area contributed by atoms with Crippen LogP contribution < -0.4 is 5.32 Å². The van der Waals surface area contributed by atoms with E-state index < -0.39 is 0 Å². The van der Waals surface area contributed by atoms with Gasteiger partial charge in [0.15, 0.2) is 0 Å². The zero-order valence-corrected chi connectivity index (χ0v) is 13.1. The van der Waals surface area contributed by atoms with Crippen LogP contribution in [0.2, 0.25) is 0 Å². The predicted octanol–water partition coefficient (Wildman–Crippen LogP) is 2.51. The first-order valence-electron chi connectivity index (χ1n) is 7.48. The van der Waals surface area contributed by atoms with Crippen molar-refractivity contribution in [2.24, 2.45) is 0 Å². The minimum Gasteiger partial charge on any atom is -0.379 e. The van der Waals surface area contributed by atoms with Gasteiger partial charge in [0.25, 0.3) is 0 Å². The van der Waals surface area contributed by atoms with Crippen LogP contribution in [0, 0.1) is 0 Å². The van der Waals surface area contributed by atoms with Crippen LogP contribution in [-0.4, -0.2) is 48.8 Å². The summed E-state index contributed by atoms with van der Waals surface area (Å²) in [7, 11) is 0. The Bertz CT molecular complexity index is 405. The van der Waals surface area contributed by atoms with Gasteiger partial charge in [-0.1, -0.05) is 26.8 Å². The van der Waals surface area contributed by atoms with E-state index in [0.717, 1.165) is 38.7 Å². The number of nitrogens with zero attached hydrogens (tertiary/aromatic N) is 2. The summed E-state index contributed by atoms with van der Waals surface area (Å²) in [5, 5.41) is 3.47. The van der Waals surface area contributed by atoms with Crippen LogP contribution >= 0.6 is 0 Å². The second-order valence-electron chi connectivity index (χ2n) is 6.64. The summed E-state index contributed by atoms with van der Waals surface area (Å²) in [6, 6.07) is 4.63. The van der Waals surface area contributed by atoms with E-state index >= 15 is 0 Å². The highest BCUT2D eigenvalue weighted by Gasteiger charge is 2.15. The number of aromatic nitrogens is 1. The molecule has 0 aliphatic carbocycles. The molecule has 1 saturated heterocycles. The molecule has 2 rings (SSSR count).